The van der Waals surface area contributed by atoms with Gasteiger partial charge in [0, 0.05) is 12.6 Å². The average Bonchev–Trinajstić information content (AvgIpc) is 3.26. The van der Waals surface area contributed by atoms with Crippen LogP contribution in [0.4, 0.5) is 11.4 Å². The van der Waals surface area contributed by atoms with E-state index in [4.69, 9.17) is 9.26 Å². The normalized spacial score (nSPS) is 11.0. The van der Waals surface area contributed by atoms with Crippen LogP contribution >= 0.6 is 0 Å². The highest BCUT2D eigenvalue weighted by atomic mass is 16.6. The minimum Gasteiger partial charge on any atom is -0.456 e. The molecule has 1 heterocycles. The molecule has 186 valence electrons. The summed E-state index contributed by atoms with van der Waals surface area (Å²) in [6.45, 7) is 6.61. The van der Waals surface area contributed by atoms with Crippen LogP contribution in [0.25, 0.3) is 22.1 Å². The highest BCUT2D eigenvalue weighted by Crippen LogP contribution is 2.29. The second-order valence-electron chi connectivity index (χ2n) is 9.33. The Morgan fingerprint density at radius 2 is 1.73 bits per heavy atom. The molecular formula is C28H24N4O5. The quantitative estimate of drug-likeness (QED) is 0.347. The molecule has 0 aliphatic rings. The SMILES string of the molecule is CC(=O)Nc1cccc(-c2ccc3c(C(=O)Nc4ccc(C#N)cc4C(=O)OC(C)(C)C)noc3c2)c1. The molecule has 2 amide bonds. The van der Waals surface area contributed by atoms with Crippen LogP contribution in [-0.2, 0) is 9.53 Å². The number of hydrogen-bond acceptors (Lipinski definition) is 7. The van der Waals surface area contributed by atoms with Crippen molar-refractivity contribution in [3.05, 3.63) is 77.5 Å². The number of amides is 2. The maximum Gasteiger partial charge on any atom is 0.340 e. The number of anilines is 2. The number of esters is 1. The summed E-state index contributed by atoms with van der Waals surface area (Å²) in [7, 11) is 0. The fourth-order valence-corrected chi connectivity index (χ4v) is 3.67. The van der Waals surface area contributed by atoms with Gasteiger partial charge in [0.15, 0.2) is 11.3 Å². The van der Waals surface area contributed by atoms with Crippen molar-refractivity contribution in [2.45, 2.75) is 33.3 Å². The molecule has 0 aliphatic heterocycles. The molecule has 0 fully saturated rings. The van der Waals surface area contributed by atoms with E-state index in [9.17, 15) is 19.6 Å². The van der Waals surface area contributed by atoms with Gasteiger partial charge in [-0.05, 0) is 74.4 Å². The number of nitrogens with zero attached hydrogens (tertiary/aromatic N) is 2. The number of carbonyl (C=O) groups excluding carboxylic acids is 3. The van der Waals surface area contributed by atoms with Crippen LogP contribution in [0, 0.1) is 11.3 Å². The molecule has 1 aromatic heterocycles. The predicted octanol–water partition coefficient (Wildman–Crippen LogP) is 5.53. The second kappa shape index (κ2) is 9.95. The molecule has 2 N–H and O–H groups in total. The first-order valence-corrected chi connectivity index (χ1v) is 11.4. The van der Waals surface area contributed by atoms with E-state index in [2.05, 4.69) is 15.8 Å². The van der Waals surface area contributed by atoms with Gasteiger partial charge in [0.2, 0.25) is 5.91 Å². The molecule has 0 saturated carbocycles. The van der Waals surface area contributed by atoms with Gasteiger partial charge in [-0.15, -0.1) is 0 Å². The topological polar surface area (TPSA) is 134 Å². The number of carbonyl (C=O) groups is 3. The molecule has 0 spiro atoms. The number of ether oxygens (including phenoxy) is 1. The minimum atomic E-state index is -0.761. The lowest BCUT2D eigenvalue weighted by atomic mass is 10.0. The zero-order chi connectivity index (χ0) is 26.7. The van der Waals surface area contributed by atoms with E-state index < -0.39 is 17.5 Å². The number of nitriles is 1. The summed E-state index contributed by atoms with van der Waals surface area (Å²) < 4.78 is 10.9. The van der Waals surface area contributed by atoms with Crippen LogP contribution in [-0.4, -0.2) is 28.5 Å². The second-order valence-corrected chi connectivity index (χ2v) is 9.33. The minimum absolute atomic E-state index is 0.0352. The molecule has 37 heavy (non-hydrogen) atoms. The lowest BCUT2D eigenvalue weighted by Gasteiger charge is -2.20. The van der Waals surface area contributed by atoms with Gasteiger partial charge in [-0.25, -0.2) is 4.79 Å². The zero-order valence-corrected chi connectivity index (χ0v) is 20.7. The van der Waals surface area contributed by atoms with Gasteiger partial charge >= 0.3 is 5.97 Å². The first-order valence-electron chi connectivity index (χ1n) is 11.4. The van der Waals surface area contributed by atoms with Crippen LogP contribution in [0.5, 0.6) is 0 Å². The fourth-order valence-electron chi connectivity index (χ4n) is 3.67. The van der Waals surface area contributed by atoms with Crippen LogP contribution in [0.3, 0.4) is 0 Å². The molecule has 9 nitrogen and oxygen atoms in total. The van der Waals surface area contributed by atoms with Crippen molar-refractivity contribution in [1.82, 2.24) is 5.16 Å². The van der Waals surface area contributed by atoms with Crippen molar-refractivity contribution in [2.75, 3.05) is 10.6 Å². The first kappa shape index (κ1) is 25.1. The van der Waals surface area contributed by atoms with Crippen LogP contribution < -0.4 is 10.6 Å². The van der Waals surface area contributed by atoms with Crippen molar-refractivity contribution in [1.29, 1.82) is 5.26 Å². The average molecular weight is 497 g/mol. The van der Waals surface area contributed by atoms with Crippen molar-refractivity contribution in [3.63, 3.8) is 0 Å². The summed E-state index contributed by atoms with van der Waals surface area (Å²) in [5.41, 5.74) is 2.46. The monoisotopic (exact) mass is 496 g/mol. The third-order valence-electron chi connectivity index (χ3n) is 5.22. The third kappa shape index (κ3) is 5.82. The van der Waals surface area contributed by atoms with Crippen molar-refractivity contribution < 1.29 is 23.6 Å². The Kier molecular flexibility index (Phi) is 6.76. The van der Waals surface area contributed by atoms with E-state index in [1.54, 1.807) is 39.0 Å². The van der Waals surface area contributed by atoms with Gasteiger partial charge in [-0.1, -0.05) is 23.4 Å². The molecule has 0 aliphatic carbocycles. The van der Waals surface area contributed by atoms with Gasteiger partial charge < -0.3 is 19.9 Å². The van der Waals surface area contributed by atoms with Crippen molar-refractivity contribution in [2.24, 2.45) is 0 Å². The Bertz CT molecular complexity index is 1570. The molecule has 9 heteroatoms. The lowest BCUT2D eigenvalue weighted by Crippen LogP contribution is -2.25. The first-order chi connectivity index (χ1) is 17.5. The van der Waals surface area contributed by atoms with Crippen LogP contribution in [0.15, 0.2) is 65.2 Å². The number of aromatic nitrogens is 1. The highest BCUT2D eigenvalue weighted by Gasteiger charge is 2.24. The maximum absolute atomic E-state index is 13.1. The summed E-state index contributed by atoms with van der Waals surface area (Å²) in [5.74, 6) is -1.43. The summed E-state index contributed by atoms with van der Waals surface area (Å²) in [6, 6.07) is 18.9. The van der Waals surface area contributed by atoms with E-state index in [0.29, 0.717) is 16.7 Å². The summed E-state index contributed by atoms with van der Waals surface area (Å²) in [4.78, 5) is 37.2. The molecule has 3 aromatic carbocycles. The van der Waals surface area contributed by atoms with E-state index >= 15 is 0 Å². The van der Waals surface area contributed by atoms with Crippen molar-refractivity contribution in [3.8, 4) is 17.2 Å². The van der Waals surface area contributed by atoms with E-state index in [0.717, 1.165) is 11.1 Å². The highest BCUT2D eigenvalue weighted by molar-refractivity contribution is 6.13. The third-order valence-corrected chi connectivity index (χ3v) is 5.22. The molecule has 0 radical (unpaired) electrons. The Morgan fingerprint density at radius 3 is 2.43 bits per heavy atom. The van der Waals surface area contributed by atoms with Gasteiger partial charge in [-0.3, -0.25) is 9.59 Å². The number of fused-ring (bicyclic) bond motifs is 1. The molecule has 0 bridgehead atoms. The summed E-state index contributed by atoms with van der Waals surface area (Å²) in [5, 5.41) is 19.1. The molecule has 0 atom stereocenters. The zero-order valence-electron chi connectivity index (χ0n) is 20.7. The maximum atomic E-state index is 13.1. The Labute approximate surface area is 213 Å². The van der Waals surface area contributed by atoms with E-state index in [-0.39, 0.29) is 28.4 Å². The lowest BCUT2D eigenvalue weighted by molar-refractivity contribution is -0.114. The Balaban J connectivity index is 1.62. The largest absolute Gasteiger partial charge is 0.456 e. The van der Waals surface area contributed by atoms with Gasteiger partial charge in [0.1, 0.15) is 5.60 Å². The molecule has 0 unspecified atom stereocenters. The Morgan fingerprint density at radius 1 is 0.973 bits per heavy atom. The van der Waals surface area contributed by atoms with E-state index in [1.165, 1.54) is 25.1 Å². The van der Waals surface area contributed by atoms with Crippen molar-refractivity contribution >= 4 is 40.1 Å². The Hall–Kier alpha value is -4.97. The summed E-state index contributed by atoms with van der Waals surface area (Å²) >= 11 is 0. The number of hydrogen-bond donors (Lipinski definition) is 2. The van der Waals surface area contributed by atoms with Gasteiger partial charge in [0.05, 0.1) is 28.3 Å². The molecule has 4 aromatic rings. The molecule has 0 saturated heterocycles. The molecular weight excluding hydrogens is 472 g/mol. The number of benzene rings is 3. The van der Waals surface area contributed by atoms with Crippen LogP contribution in [0.2, 0.25) is 0 Å². The smallest absolute Gasteiger partial charge is 0.340 e. The van der Waals surface area contributed by atoms with Gasteiger partial charge in [0.25, 0.3) is 5.91 Å². The van der Waals surface area contributed by atoms with Gasteiger partial charge in [-0.2, -0.15) is 5.26 Å². The number of nitrogens with one attached hydrogen (secondary N) is 2. The fraction of sp³-hybridized carbons (Fsp3) is 0.179. The standard InChI is InChI=1S/C28H24N4O5/c1-16(33)30-20-7-5-6-18(13-20)19-9-10-21-24(14-19)37-32-25(21)26(34)31-23-11-8-17(15-29)12-22(23)27(35)36-28(2,3)4/h5-14H,1-4H3,(H,30,33)(H,31,34). The summed E-state index contributed by atoms with van der Waals surface area (Å²) in [6.07, 6.45) is 0. The van der Waals surface area contributed by atoms with E-state index in [1.807, 2.05) is 30.3 Å². The van der Waals surface area contributed by atoms with Crippen LogP contribution in [0.1, 0.15) is 54.1 Å². The predicted molar refractivity (Wildman–Crippen MR) is 138 cm³/mol. The number of rotatable bonds is 5. The molecule has 4 rings (SSSR count).